The second kappa shape index (κ2) is 5.74. The Balaban J connectivity index is 2.17. The van der Waals surface area contributed by atoms with Gasteiger partial charge in [-0.15, -0.1) is 0 Å². The molecule has 0 bridgehead atoms. The van der Waals surface area contributed by atoms with E-state index in [1.54, 1.807) is 0 Å². The van der Waals surface area contributed by atoms with Crippen LogP contribution in [0.5, 0.6) is 0 Å². The van der Waals surface area contributed by atoms with Crippen LogP contribution in [0.2, 0.25) is 0 Å². The number of benzene rings is 1. The number of amides is 1. The largest absolute Gasteiger partial charge is 0.396 e. The van der Waals surface area contributed by atoms with Crippen molar-refractivity contribution in [2.45, 2.75) is 38.5 Å². The van der Waals surface area contributed by atoms with Crippen LogP contribution in [-0.2, 0) is 16.6 Å². The zero-order valence-corrected chi connectivity index (χ0v) is 11.8. The van der Waals surface area contributed by atoms with E-state index in [0.717, 1.165) is 24.8 Å². The van der Waals surface area contributed by atoms with E-state index in [9.17, 15) is 4.79 Å². The van der Waals surface area contributed by atoms with Crippen molar-refractivity contribution in [1.82, 2.24) is 5.32 Å². The molecule has 0 heterocycles. The fourth-order valence-electron chi connectivity index (χ4n) is 2.81. The van der Waals surface area contributed by atoms with Crippen LogP contribution < -0.4 is 5.32 Å². The van der Waals surface area contributed by atoms with Crippen molar-refractivity contribution in [2.75, 3.05) is 13.2 Å². The Bertz CT molecular complexity index is 458. The van der Waals surface area contributed by atoms with E-state index in [-0.39, 0.29) is 18.4 Å². The van der Waals surface area contributed by atoms with Gasteiger partial charge in [0.2, 0.25) is 5.91 Å². The average molecular weight is 261 g/mol. The Morgan fingerprint density at radius 2 is 2.21 bits per heavy atom. The van der Waals surface area contributed by atoms with Crippen molar-refractivity contribution in [2.24, 2.45) is 5.92 Å². The van der Waals surface area contributed by atoms with Gasteiger partial charge in [0, 0.05) is 13.2 Å². The summed E-state index contributed by atoms with van der Waals surface area (Å²) in [6.07, 6.45) is 3.01. The maximum atomic E-state index is 12.5. The molecule has 2 N–H and O–H groups in total. The number of aliphatic hydroxyl groups is 1. The van der Waals surface area contributed by atoms with Gasteiger partial charge in [0.25, 0.3) is 0 Å². The van der Waals surface area contributed by atoms with Gasteiger partial charge in [0.1, 0.15) is 0 Å². The standard InChI is InChI=1S/C16H23NO2/c1-12(11-18)10-17-15(19)16(2)9-5-7-13-6-3-4-8-14(13)16/h3-4,6,8,12,18H,5,7,9-11H2,1-2H3,(H,17,19). The number of carbonyl (C=O) groups excluding carboxylic acids is 1. The molecule has 3 heteroatoms. The summed E-state index contributed by atoms with van der Waals surface area (Å²) in [5, 5.41) is 12.0. The topological polar surface area (TPSA) is 49.3 Å². The molecule has 19 heavy (non-hydrogen) atoms. The first-order valence-electron chi connectivity index (χ1n) is 7.05. The highest BCUT2D eigenvalue weighted by Crippen LogP contribution is 2.37. The van der Waals surface area contributed by atoms with E-state index < -0.39 is 5.41 Å². The number of nitrogens with one attached hydrogen (secondary N) is 1. The summed E-state index contributed by atoms with van der Waals surface area (Å²) in [5.41, 5.74) is 2.03. The second-order valence-corrected chi connectivity index (χ2v) is 5.84. The molecule has 0 saturated heterocycles. The summed E-state index contributed by atoms with van der Waals surface area (Å²) in [6.45, 7) is 4.60. The first-order chi connectivity index (χ1) is 9.08. The SMILES string of the molecule is CC(CO)CNC(=O)C1(C)CCCc2ccccc21. The molecule has 1 amide bonds. The van der Waals surface area contributed by atoms with Gasteiger partial charge >= 0.3 is 0 Å². The summed E-state index contributed by atoms with van der Waals surface area (Å²) in [6, 6.07) is 8.24. The molecule has 1 aromatic carbocycles. The lowest BCUT2D eigenvalue weighted by Gasteiger charge is -2.35. The van der Waals surface area contributed by atoms with Gasteiger partial charge in [0.05, 0.1) is 5.41 Å². The van der Waals surface area contributed by atoms with Crippen LogP contribution in [0, 0.1) is 5.92 Å². The summed E-state index contributed by atoms with van der Waals surface area (Å²) < 4.78 is 0. The molecule has 2 rings (SSSR count). The molecule has 2 atom stereocenters. The minimum Gasteiger partial charge on any atom is -0.396 e. The molecule has 2 unspecified atom stereocenters. The molecule has 0 aromatic heterocycles. The van der Waals surface area contributed by atoms with E-state index in [2.05, 4.69) is 17.4 Å². The smallest absolute Gasteiger partial charge is 0.230 e. The number of rotatable bonds is 4. The van der Waals surface area contributed by atoms with Crippen LogP contribution in [0.3, 0.4) is 0 Å². The predicted molar refractivity (Wildman–Crippen MR) is 76.0 cm³/mol. The number of fused-ring (bicyclic) bond motifs is 1. The van der Waals surface area contributed by atoms with Crippen molar-refractivity contribution in [3.05, 3.63) is 35.4 Å². The Morgan fingerprint density at radius 3 is 2.95 bits per heavy atom. The molecular weight excluding hydrogens is 238 g/mol. The number of hydrogen-bond acceptors (Lipinski definition) is 2. The zero-order valence-electron chi connectivity index (χ0n) is 11.8. The monoisotopic (exact) mass is 261 g/mol. The Labute approximate surface area is 115 Å². The number of hydrogen-bond donors (Lipinski definition) is 2. The van der Waals surface area contributed by atoms with Crippen molar-refractivity contribution in [3.8, 4) is 0 Å². The molecule has 3 nitrogen and oxygen atoms in total. The van der Waals surface area contributed by atoms with Gasteiger partial charge in [-0.3, -0.25) is 4.79 Å². The van der Waals surface area contributed by atoms with E-state index in [0.29, 0.717) is 6.54 Å². The Morgan fingerprint density at radius 1 is 1.47 bits per heavy atom. The van der Waals surface area contributed by atoms with Gasteiger partial charge in [-0.1, -0.05) is 31.2 Å². The van der Waals surface area contributed by atoms with E-state index in [4.69, 9.17) is 5.11 Å². The fraction of sp³-hybridized carbons (Fsp3) is 0.562. The van der Waals surface area contributed by atoms with Gasteiger partial charge < -0.3 is 10.4 Å². The quantitative estimate of drug-likeness (QED) is 0.871. The third-order valence-corrected chi connectivity index (χ3v) is 4.16. The van der Waals surface area contributed by atoms with Gasteiger partial charge in [-0.05, 0) is 43.2 Å². The highest BCUT2D eigenvalue weighted by atomic mass is 16.3. The van der Waals surface area contributed by atoms with Crippen LogP contribution in [-0.4, -0.2) is 24.2 Å². The first-order valence-corrected chi connectivity index (χ1v) is 7.05. The Hall–Kier alpha value is -1.35. The minimum absolute atomic E-state index is 0.0833. The lowest BCUT2D eigenvalue weighted by molar-refractivity contribution is -0.127. The molecule has 0 spiro atoms. The highest BCUT2D eigenvalue weighted by molar-refractivity contribution is 5.88. The number of carbonyl (C=O) groups is 1. The van der Waals surface area contributed by atoms with Crippen LogP contribution in [0.1, 0.15) is 37.8 Å². The second-order valence-electron chi connectivity index (χ2n) is 5.84. The maximum absolute atomic E-state index is 12.5. The van der Waals surface area contributed by atoms with Crippen molar-refractivity contribution >= 4 is 5.91 Å². The van der Waals surface area contributed by atoms with Gasteiger partial charge in [-0.2, -0.15) is 0 Å². The number of aryl methyl sites for hydroxylation is 1. The number of aliphatic hydroxyl groups excluding tert-OH is 1. The summed E-state index contributed by atoms with van der Waals surface area (Å²) >= 11 is 0. The van der Waals surface area contributed by atoms with Crippen molar-refractivity contribution in [3.63, 3.8) is 0 Å². The lowest BCUT2D eigenvalue weighted by atomic mass is 9.70. The van der Waals surface area contributed by atoms with Crippen LogP contribution in [0.15, 0.2) is 24.3 Å². The van der Waals surface area contributed by atoms with E-state index in [1.165, 1.54) is 5.56 Å². The summed E-state index contributed by atoms with van der Waals surface area (Å²) in [4.78, 5) is 12.5. The molecule has 104 valence electrons. The van der Waals surface area contributed by atoms with E-state index >= 15 is 0 Å². The van der Waals surface area contributed by atoms with Gasteiger partial charge in [-0.25, -0.2) is 0 Å². The third kappa shape index (κ3) is 2.81. The molecule has 1 aliphatic carbocycles. The zero-order chi connectivity index (χ0) is 13.9. The molecular formula is C16H23NO2. The van der Waals surface area contributed by atoms with Crippen LogP contribution in [0.4, 0.5) is 0 Å². The molecule has 1 aliphatic rings. The molecule has 1 aromatic rings. The molecule has 0 saturated carbocycles. The van der Waals surface area contributed by atoms with Crippen molar-refractivity contribution < 1.29 is 9.90 Å². The first kappa shape index (κ1) is 14.1. The van der Waals surface area contributed by atoms with E-state index in [1.807, 2.05) is 26.0 Å². The molecule has 0 fully saturated rings. The Kier molecular flexibility index (Phi) is 4.25. The van der Waals surface area contributed by atoms with Crippen LogP contribution in [0.25, 0.3) is 0 Å². The minimum atomic E-state index is -0.427. The van der Waals surface area contributed by atoms with Gasteiger partial charge in [0.15, 0.2) is 0 Å². The van der Waals surface area contributed by atoms with Crippen molar-refractivity contribution in [1.29, 1.82) is 0 Å². The lowest BCUT2D eigenvalue weighted by Crippen LogP contribution is -2.45. The maximum Gasteiger partial charge on any atom is 0.230 e. The predicted octanol–water partition coefficient (Wildman–Crippen LogP) is 2.03. The molecule has 0 radical (unpaired) electrons. The summed E-state index contributed by atoms with van der Waals surface area (Å²) in [5.74, 6) is 0.186. The normalized spacial score (nSPS) is 23.5. The third-order valence-electron chi connectivity index (χ3n) is 4.16. The average Bonchev–Trinajstić information content (AvgIpc) is 2.44. The van der Waals surface area contributed by atoms with Crippen LogP contribution >= 0.6 is 0 Å². The molecule has 0 aliphatic heterocycles. The summed E-state index contributed by atoms with van der Waals surface area (Å²) in [7, 11) is 0. The fourth-order valence-corrected chi connectivity index (χ4v) is 2.81. The highest BCUT2D eigenvalue weighted by Gasteiger charge is 2.38.